The number of aryl methyl sites for hydroxylation is 2. The molecule has 0 radical (unpaired) electrons. The molecule has 1 atom stereocenters. The van der Waals surface area contributed by atoms with Gasteiger partial charge in [0.15, 0.2) is 0 Å². The van der Waals surface area contributed by atoms with Crippen molar-refractivity contribution in [1.82, 2.24) is 5.32 Å². The number of rotatable bonds is 5. The molecule has 21 heavy (non-hydrogen) atoms. The van der Waals surface area contributed by atoms with Crippen LogP contribution in [0.25, 0.3) is 11.0 Å². The van der Waals surface area contributed by atoms with E-state index in [0.29, 0.717) is 0 Å². The number of nitrogens with one attached hydrogen (secondary N) is 1. The second kappa shape index (κ2) is 6.04. The first-order chi connectivity index (χ1) is 10.2. The molecule has 0 amide bonds. The Hall–Kier alpha value is -1.58. The zero-order valence-electron chi connectivity index (χ0n) is 12.8. The van der Waals surface area contributed by atoms with Gasteiger partial charge in [-0.3, -0.25) is 0 Å². The van der Waals surface area contributed by atoms with Gasteiger partial charge in [0.05, 0.1) is 6.04 Å². The highest BCUT2D eigenvalue weighted by molar-refractivity contribution is 7.10. The SMILES string of the molecule is CCCNC(c1csc(C)c1)c1cc2cc(C)ccc2o1. The summed E-state index contributed by atoms with van der Waals surface area (Å²) in [5, 5.41) is 7.01. The summed E-state index contributed by atoms with van der Waals surface area (Å²) in [7, 11) is 0. The van der Waals surface area contributed by atoms with Crippen LogP contribution in [0.3, 0.4) is 0 Å². The van der Waals surface area contributed by atoms with Gasteiger partial charge in [0, 0.05) is 10.3 Å². The predicted octanol–water partition coefficient (Wildman–Crippen LogP) is 5.20. The maximum atomic E-state index is 6.09. The highest BCUT2D eigenvalue weighted by atomic mass is 32.1. The van der Waals surface area contributed by atoms with Gasteiger partial charge in [-0.2, -0.15) is 0 Å². The molecule has 0 aliphatic heterocycles. The van der Waals surface area contributed by atoms with E-state index in [9.17, 15) is 0 Å². The topological polar surface area (TPSA) is 25.2 Å². The van der Waals surface area contributed by atoms with Gasteiger partial charge in [-0.25, -0.2) is 0 Å². The summed E-state index contributed by atoms with van der Waals surface area (Å²) in [5.74, 6) is 1.00. The lowest BCUT2D eigenvalue weighted by molar-refractivity contribution is 0.470. The summed E-state index contributed by atoms with van der Waals surface area (Å²) < 4.78 is 6.09. The molecule has 1 unspecified atom stereocenters. The van der Waals surface area contributed by atoms with Crippen LogP contribution in [-0.2, 0) is 0 Å². The molecule has 0 bridgehead atoms. The van der Waals surface area contributed by atoms with Crippen molar-refractivity contribution >= 4 is 22.3 Å². The zero-order valence-corrected chi connectivity index (χ0v) is 13.6. The summed E-state index contributed by atoms with van der Waals surface area (Å²) in [6, 6.07) is 10.9. The molecule has 0 saturated heterocycles. The first kappa shape index (κ1) is 14.4. The molecule has 3 aromatic rings. The molecule has 2 heterocycles. The first-order valence-electron chi connectivity index (χ1n) is 7.46. The third kappa shape index (κ3) is 3.04. The minimum atomic E-state index is 0.141. The van der Waals surface area contributed by atoms with Crippen LogP contribution in [0.2, 0.25) is 0 Å². The van der Waals surface area contributed by atoms with Gasteiger partial charge in [0.1, 0.15) is 11.3 Å². The van der Waals surface area contributed by atoms with Crippen molar-refractivity contribution in [3.05, 3.63) is 57.5 Å². The predicted molar refractivity (Wildman–Crippen MR) is 90.1 cm³/mol. The highest BCUT2D eigenvalue weighted by Gasteiger charge is 2.19. The summed E-state index contributed by atoms with van der Waals surface area (Å²) in [5.41, 5.74) is 3.52. The molecule has 0 aliphatic carbocycles. The smallest absolute Gasteiger partial charge is 0.134 e. The van der Waals surface area contributed by atoms with E-state index < -0.39 is 0 Å². The lowest BCUT2D eigenvalue weighted by atomic mass is 10.1. The molecular formula is C18H21NOS. The van der Waals surface area contributed by atoms with E-state index in [2.05, 4.69) is 61.8 Å². The fourth-order valence-electron chi connectivity index (χ4n) is 2.61. The second-order valence-corrected chi connectivity index (χ2v) is 6.68. The Bertz CT molecular complexity index is 741. The number of fused-ring (bicyclic) bond motifs is 1. The Morgan fingerprint density at radius 3 is 2.76 bits per heavy atom. The van der Waals surface area contributed by atoms with Crippen LogP contribution in [0.5, 0.6) is 0 Å². The van der Waals surface area contributed by atoms with Crippen molar-refractivity contribution < 1.29 is 4.42 Å². The number of thiophene rings is 1. The third-order valence-corrected chi connectivity index (χ3v) is 4.54. The Morgan fingerprint density at radius 1 is 1.19 bits per heavy atom. The first-order valence-corrected chi connectivity index (χ1v) is 8.34. The zero-order chi connectivity index (χ0) is 14.8. The van der Waals surface area contributed by atoms with Crippen molar-refractivity contribution in [2.24, 2.45) is 0 Å². The summed E-state index contributed by atoms with van der Waals surface area (Å²) in [6.45, 7) is 7.43. The highest BCUT2D eigenvalue weighted by Crippen LogP contribution is 2.31. The Balaban J connectivity index is 2.00. The molecule has 3 rings (SSSR count). The number of furan rings is 1. The van der Waals surface area contributed by atoms with Gasteiger partial charge >= 0.3 is 0 Å². The van der Waals surface area contributed by atoms with E-state index in [1.54, 1.807) is 11.3 Å². The van der Waals surface area contributed by atoms with Crippen LogP contribution in [0.15, 0.2) is 40.1 Å². The lowest BCUT2D eigenvalue weighted by Crippen LogP contribution is -2.22. The van der Waals surface area contributed by atoms with Gasteiger partial charge in [0.2, 0.25) is 0 Å². The molecule has 0 fully saturated rings. The van der Waals surface area contributed by atoms with Crippen LogP contribution in [-0.4, -0.2) is 6.54 Å². The number of hydrogen-bond acceptors (Lipinski definition) is 3. The van der Waals surface area contributed by atoms with E-state index in [-0.39, 0.29) is 6.04 Å². The molecule has 0 spiro atoms. The summed E-state index contributed by atoms with van der Waals surface area (Å²) >= 11 is 1.79. The van der Waals surface area contributed by atoms with Crippen LogP contribution >= 0.6 is 11.3 Å². The monoisotopic (exact) mass is 299 g/mol. The molecule has 0 aliphatic rings. The van der Waals surface area contributed by atoms with Crippen LogP contribution in [0, 0.1) is 13.8 Å². The molecule has 2 aromatic heterocycles. The minimum absolute atomic E-state index is 0.141. The molecule has 110 valence electrons. The number of benzene rings is 1. The summed E-state index contributed by atoms with van der Waals surface area (Å²) in [6.07, 6.45) is 1.11. The van der Waals surface area contributed by atoms with E-state index in [0.717, 1.165) is 24.3 Å². The van der Waals surface area contributed by atoms with Crippen molar-refractivity contribution in [2.75, 3.05) is 6.54 Å². The molecule has 3 heteroatoms. The van der Waals surface area contributed by atoms with Gasteiger partial charge in [-0.1, -0.05) is 18.6 Å². The maximum Gasteiger partial charge on any atom is 0.134 e. The van der Waals surface area contributed by atoms with Gasteiger partial charge in [-0.05, 0) is 62.0 Å². The number of hydrogen-bond donors (Lipinski definition) is 1. The van der Waals surface area contributed by atoms with Crippen molar-refractivity contribution in [3.8, 4) is 0 Å². The van der Waals surface area contributed by atoms with Gasteiger partial charge in [0.25, 0.3) is 0 Å². The van der Waals surface area contributed by atoms with Crippen molar-refractivity contribution in [3.63, 3.8) is 0 Å². The molecule has 0 saturated carbocycles. The maximum absolute atomic E-state index is 6.09. The van der Waals surface area contributed by atoms with E-state index in [4.69, 9.17) is 4.42 Å². The standard InChI is InChI=1S/C18H21NOS/c1-4-7-19-18(15-9-13(3)21-11-15)17-10-14-8-12(2)5-6-16(14)20-17/h5-6,8-11,18-19H,4,7H2,1-3H3. The minimum Gasteiger partial charge on any atom is -0.459 e. The molecular weight excluding hydrogens is 278 g/mol. The van der Waals surface area contributed by atoms with E-state index >= 15 is 0 Å². The second-order valence-electron chi connectivity index (χ2n) is 5.57. The largest absolute Gasteiger partial charge is 0.459 e. The fraction of sp³-hybridized carbons (Fsp3) is 0.333. The van der Waals surface area contributed by atoms with Crippen LogP contribution in [0.1, 0.15) is 41.2 Å². The molecule has 1 aromatic carbocycles. The van der Waals surface area contributed by atoms with Crippen LogP contribution in [0.4, 0.5) is 0 Å². The average molecular weight is 299 g/mol. The lowest BCUT2D eigenvalue weighted by Gasteiger charge is -2.14. The fourth-order valence-corrected chi connectivity index (χ4v) is 3.34. The van der Waals surface area contributed by atoms with Gasteiger partial charge < -0.3 is 9.73 Å². The average Bonchev–Trinajstić information content (AvgIpc) is 3.05. The Labute approximate surface area is 129 Å². The quantitative estimate of drug-likeness (QED) is 0.700. The van der Waals surface area contributed by atoms with E-state index in [1.165, 1.54) is 21.4 Å². The molecule has 2 nitrogen and oxygen atoms in total. The van der Waals surface area contributed by atoms with Gasteiger partial charge in [-0.15, -0.1) is 11.3 Å². The molecule has 1 N–H and O–H groups in total. The Morgan fingerprint density at radius 2 is 2.05 bits per heavy atom. The van der Waals surface area contributed by atoms with Crippen LogP contribution < -0.4 is 5.32 Å². The van der Waals surface area contributed by atoms with E-state index in [1.807, 2.05) is 0 Å². The Kier molecular flexibility index (Phi) is 4.13. The van der Waals surface area contributed by atoms with Crippen molar-refractivity contribution in [2.45, 2.75) is 33.2 Å². The third-order valence-electron chi connectivity index (χ3n) is 3.66. The summed E-state index contributed by atoms with van der Waals surface area (Å²) in [4.78, 5) is 1.33. The van der Waals surface area contributed by atoms with Crippen molar-refractivity contribution in [1.29, 1.82) is 0 Å². The normalized spacial score (nSPS) is 12.9.